The minimum Gasteiger partial charge on any atom is -0.497 e. The number of amides is 1. The average molecular weight is 401 g/mol. The summed E-state index contributed by atoms with van der Waals surface area (Å²) in [6.07, 6.45) is 0. The fraction of sp³-hybridized carbons (Fsp3) is 0.364. The van der Waals surface area contributed by atoms with Crippen LogP contribution in [0, 0.1) is 5.92 Å². The highest BCUT2D eigenvalue weighted by Gasteiger charge is 2.15. The molecule has 29 heavy (non-hydrogen) atoms. The van der Waals surface area contributed by atoms with Crippen LogP contribution >= 0.6 is 0 Å². The molecule has 0 aliphatic carbocycles. The summed E-state index contributed by atoms with van der Waals surface area (Å²) in [5.74, 6) is 0.923. The number of methoxy groups -OCH3 is 1. The molecule has 0 bridgehead atoms. The van der Waals surface area contributed by atoms with E-state index in [0.717, 1.165) is 0 Å². The zero-order chi connectivity index (χ0) is 21.2. The molecule has 0 aliphatic heterocycles. The highest BCUT2D eigenvalue weighted by atomic mass is 16.5. The van der Waals surface area contributed by atoms with Crippen molar-refractivity contribution in [3.63, 3.8) is 0 Å². The molecule has 0 radical (unpaired) electrons. The first kappa shape index (κ1) is 22.1. The van der Waals surface area contributed by atoms with E-state index in [1.165, 1.54) is 0 Å². The Balaban J connectivity index is 1.96. The molecule has 7 heteroatoms. The standard InChI is InChI=1S/C22H27NO6/c1-5-27-20-11-16(9-10-19(20)28-13-15(2)3)22(25)29-14-21(24)23-17-7-6-8-18(12-17)26-4/h6-12,15H,5,13-14H2,1-4H3,(H,23,24). The Hall–Kier alpha value is -3.22. The highest BCUT2D eigenvalue weighted by molar-refractivity contribution is 5.95. The predicted octanol–water partition coefficient (Wildman–Crippen LogP) is 3.92. The quantitative estimate of drug-likeness (QED) is 0.608. The van der Waals surface area contributed by atoms with Gasteiger partial charge in [-0.25, -0.2) is 4.79 Å². The van der Waals surface area contributed by atoms with E-state index in [1.54, 1.807) is 49.6 Å². The van der Waals surface area contributed by atoms with Gasteiger partial charge >= 0.3 is 5.97 Å². The highest BCUT2D eigenvalue weighted by Crippen LogP contribution is 2.29. The number of carbonyl (C=O) groups is 2. The second-order valence-electron chi connectivity index (χ2n) is 6.66. The molecule has 0 heterocycles. The van der Waals surface area contributed by atoms with Crippen molar-refractivity contribution in [2.45, 2.75) is 20.8 Å². The van der Waals surface area contributed by atoms with Crippen LogP contribution in [0.5, 0.6) is 17.2 Å². The van der Waals surface area contributed by atoms with Gasteiger partial charge in [-0.05, 0) is 43.2 Å². The fourth-order valence-electron chi connectivity index (χ4n) is 2.39. The summed E-state index contributed by atoms with van der Waals surface area (Å²) in [6.45, 7) is 6.49. The third kappa shape index (κ3) is 7.03. The van der Waals surface area contributed by atoms with Crippen LogP contribution in [-0.2, 0) is 9.53 Å². The maximum absolute atomic E-state index is 12.3. The van der Waals surface area contributed by atoms with Crippen molar-refractivity contribution in [1.29, 1.82) is 0 Å². The lowest BCUT2D eigenvalue weighted by molar-refractivity contribution is -0.119. The van der Waals surface area contributed by atoms with Gasteiger partial charge in [-0.15, -0.1) is 0 Å². The molecule has 0 unspecified atom stereocenters. The summed E-state index contributed by atoms with van der Waals surface area (Å²) in [4.78, 5) is 24.4. The van der Waals surface area contributed by atoms with Gasteiger partial charge in [0, 0.05) is 11.8 Å². The van der Waals surface area contributed by atoms with E-state index in [1.807, 2.05) is 20.8 Å². The number of anilines is 1. The van der Waals surface area contributed by atoms with Crippen LogP contribution in [-0.4, -0.2) is 38.8 Å². The number of rotatable bonds is 10. The Morgan fingerprint density at radius 2 is 1.83 bits per heavy atom. The van der Waals surface area contributed by atoms with Crippen molar-refractivity contribution in [3.8, 4) is 17.2 Å². The first-order valence-electron chi connectivity index (χ1n) is 9.43. The van der Waals surface area contributed by atoms with Crippen LogP contribution in [0.2, 0.25) is 0 Å². The minimum atomic E-state index is -0.623. The van der Waals surface area contributed by atoms with E-state index in [4.69, 9.17) is 18.9 Å². The number of nitrogens with one attached hydrogen (secondary N) is 1. The molecular weight excluding hydrogens is 374 g/mol. The molecule has 0 aromatic heterocycles. The van der Waals surface area contributed by atoms with E-state index in [0.29, 0.717) is 42.1 Å². The first-order chi connectivity index (χ1) is 13.9. The van der Waals surface area contributed by atoms with Gasteiger partial charge in [-0.3, -0.25) is 4.79 Å². The van der Waals surface area contributed by atoms with Crippen molar-refractivity contribution < 1.29 is 28.5 Å². The molecule has 2 rings (SSSR count). The number of hydrogen-bond donors (Lipinski definition) is 1. The Bertz CT molecular complexity index is 834. The Morgan fingerprint density at radius 1 is 1.03 bits per heavy atom. The van der Waals surface area contributed by atoms with Crippen molar-refractivity contribution in [2.24, 2.45) is 5.92 Å². The molecule has 0 fully saturated rings. The fourth-order valence-corrected chi connectivity index (χ4v) is 2.39. The average Bonchev–Trinajstić information content (AvgIpc) is 2.71. The smallest absolute Gasteiger partial charge is 0.338 e. The van der Waals surface area contributed by atoms with Crippen LogP contribution < -0.4 is 19.5 Å². The summed E-state index contributed by atoms with van der Waals surface area (Å²) in [5.41, 5.74) is 0.829. The Kier molecular flexibility index (Phi) is 8.33. The lowest BCUT2D eigenvalue weighted by Gasteiger charge is -2.14. The van der Waals surface area contributed by atoms with Crippen LogP contribution in [0.4, 0.5) is 5.69 Å². The number of esters is 1. The monoisotopic (exact) mass is 401 g/mol. The van der Waals surface area contributed by atoms with Gasteiger partial charge < -0.3 is 24.3 Å². The molecule has 0 aliphatic rings. The van der Waals surface area contributed by atoms with Gasteiger partial charge in [-0.1, -0.05) is 19.9 Å². The first-order valence-corrected chi connectivity index (χ1v) is 9.43. The molecule has 156 valence electrons. The molecule has 2 aromatic carbocycles. The van der Waals surface area contributed by atoms with E-state index in [9.17, 15) is 9.59 Å². The molecule has 7 nitrogen and oxygen atoms in total. The van der Waals surface area contributed by atoms with E-state index >= 15 is 0 Å². The second kappa shape index (κ2) is 10.9. The van der Waals surface area contributed by atoms with Crippen molar-refractivity contribution in [1.82, 2.24) is 0 Å². The predicted molar refractivity (Wildman–Crippen MR) is 110 cm³/mol. The van der Waals surface area contributed by atoms with Crippen LogP contribution in [0.3, 0.4) is 0 Å². The Labute approximate surface area is 170 Å². The molecule has 0 saturated carbocycles. The van der Waals surface area contributed by atoms with Gasteiger partial charge in [0.25, 0.3) is 5.91 Å². The molecule has 0 saturated heterocycles. The zero-order valence-electron chi connectivity index (χ0n) is 17.2. The summed E-state index contributed by atoms with van der Waals surface area (Å²) < 4.78 is 21.5. The molecule has 0 spiro atoms. The summed E-state index contributed by atoms with van der Waals surface area (Å²) in [7, 11) is 1.54. The summed E-state index contributed by atoms with van der Waals surface area (Å²) in [6, 6.07) is 11.7. The molecule has 1 N–H and O–H groups in total. The van der Waals surface area contributed by atoms with Gasteiger partial charge in [-0.2, -0.15) is 0 Å². The van der Waals surface area contributed by atoms with Crippen molar-refractivity contribution in [3.05, 3.63) is 48.0 Å². The van der Waals surface area contributed by atoms with Crippen LogP contribution in [0.15, 0.2) is 42.5 Å². The maximum Gasteiger partial charge on any atom is 0.338 e. The normalized spacial score (nSPS) is 10.4. The summed E-state index contributed by atoms with van der Waals surface area (Å²) >= 11 is 0. The number of hydrogen-bond acceptors (Lipinski definition) is 6. The number of carbonyl (C=O) groups excluding carboxylic acids is 2. The Morgan fingerprint density at radius 3 is 2.52 bits per heavy atom. The third-order valence-corrected chi connectivity index (χ3v) is 3.74. The molecular formula is C22H27NO6. The van der Waals surface area contributed by atoms with Gasteiger partial charge in [0.05, 0.1) is 25.9 Å². The number of benzene rings is 2. The van der Waals surface area contributed by atoms with Crippen molar-refractivity contribution >= 4 is 17.6 Å². The lowest BCUT2D eigenvalue weighted by Crippen LogP contribution is -2.21. The molecule has 1 amide bonds. The SMILES string of the molecule is CCOc1cc(C(=O)OCC(=O)Nc2cccc(OC)c2)ccc1OCC(C)C. The molecule has 0 atom stereocenters. The topological polar surface area (TPSA) is 83.1 Å². The van der Waals surface area contributed by atoms with Gasteiger partial charge in [0.15, 0.2) is 18.1 Å². The third-order valence-electron chi connectivity index (χ3n) is 3.74. The minimum absolute atomic E-state index is 0.277. The van der Waals surface area contributed by atoms with Crippen molar-refractivity contribution in [2.75, 3.05) is 32.2 Å². The largest absolute Gasteiger partial charge is 0.497 e. The number of ether oxygens (including phenoxy) is 4. The zero-order valence-corrected chi connectivity index (χ0v) is 17.2. The van der Waals surface area contributed by atoms with Crippen LogP contribution in [0.1, 0.15) is 31.1 Å². The van der Waals surface area contributed by atoms with Gasteiger partial charge in [0.1, 0.15) is 5.75 Å². The summed E-state index contributed by atoms with van der Waals surface area (Å²) in [5, 5.41) is 2.65. The van der Waals surface area contributed by atoms with E-state index in [2.05, 4.69) is 5.32 Å². The lowest BCUT2D eigenvalue weighted by atomic mass is 10.2. The van der Waals surface area contributed by atoms with Gasteiger partial charge in [0.2, 0.25) is 0 Å². The molecule has 2 aromatic rings. The van der Waals surface area contributed by atoms with E-state index < -0.39 is 18.5 Å². The second-order valence-corrected chi connectivity index (χ2v) is 6.66. The maximum atomic E-state index is 12.3. The van der Waals surface area contributed by atoms with E-state index in [-0.39, 0.29) is 5.56 Å². The van der Waals surface area contributed by atoms with Crippen LogP contribution in [0.25, 0.3) is 0 Å².